The fourth-order valence-corrected chi connectivity index (χ4v) is 1.92. The fraction of sp³-hybridized carbons (Fsp3) is 0.385. The Kier molecular flexibility index (Phi) is 4.93. The minimum Gasteiger partial charge on any atom is -0.406 e. The number of halogens is 1. The van der Waals surface area contributed by atoms with E-state index < -0.39 is 0 Å². The predicted octanol–water partition coefficient (Wildman–Crippen LogP) is 3.38. The summed E-state index contributed by atoms with van der Waals surface area (Å²) in [5.41, 5.74) is 2.09. The molecule has 1 heterocycles. The van der Waals surface area contributed by atoms with Crippen LogP contribution < -0.4 is 10.6 Å². The van der Waals surface area contributed by atoms with Crippen LogP contribution >= 0.6 is 15.9 Å². The number of aromatic nitrogens is 2. The van der Waals surface area contributed by atoms with Crippen molar-refractivity contribution in [2.24, 2.45) is 0 Å². The smallest absolute Gasteiger partial charge is 0.320 e. The fourth-order valence-electron chi connectivity index (χ4n) is 1.54. The van der Waals surface area contributed by atoms with Gasteiger partial charge in [-0.15, -0.1) is 5.10 Å². The van der Waals surface area contributed by atoms with Crippen LogP contribution in [-0.2, 0) is 6.54 Å². The van der Waals surface area contributed by atoms with Crippen LogP contribution in [0.1, 0.15) is 24.8 Å². The van der Waals surface area contributed by atoms with Crippen LogP contribution in [0.4, 0.5) is 11.7 Å². The van der Waals surface area contributed by atoms with Gasteiger partial charge in [-0.2, -0.15) is 0 Å². The molecule has 0 aliphatic heterocycles. The Morgan fingerprint density at radius 1 is 1.32 bits per heavy atom. The monoisotopic (exact) mass is 324 g/mol. The van der Waals surface area contributed by atoms with Crippen molar-refractivity contribution in [2.75, 3.05) is 11.9 Å². The van der Waals surface area contributed by atoms with Crippen LogP contribution in [0.15, 0.2) is 27.1 Å². The van der Waals surface area contributed by atoms with Crippen molar-refractivity contribution in [1.82, 2.24) is 15.5 Å². The van der Waals surface area contributed by atoms with Crippen LogP contribution in [0.2, 0.25) is 0 Å². The number of rotatable bonds is 6. The molecule has 0 amide bonds. The quantitative estimate of drug-likeness (QED) is 0.797. The Hall–Kier alpha value is -1.40. The highest BCUT2D eigenvalue weighted by Crippen LogP contribution is 2.23. The zero-order valence-corrected chi connectivity index (χ0v) is 12.6. The predicted molar refractivity (Wildman–Crippen MR) is 78.5 cm³/mol. The van der Waals surface area contributed by atoms with Gasteiger partial charge in [-0.05, 0) is 37.6 Å². The summed E-state index contributed by atoms with van der Waals surface area (Å²) in [6.07, 6.45) is 1.08. The number of anilines is 2. The van der Waals surface area contributed by atoms with E-state index in [1.54, 1.807) is 0 Å². The highest BCUT2D eigenvalue weighted by molar-refractivity contribution is 9.10. The third-order valence-electron chi connectivity index (χ3n) is 2.59. The zero-order valence-electron chi connectivity index (χ0n) is 11.0. The summed E-state index contributed by atoms with van der Waals surface area (Å²) < 4.78 is 6.54. The Morgan fingerprint density at radius 3 is 2.89 bits per heavy atom. The van der Waals surface area contributed by atoms with E-state index in [9.17, 15) is 0 Å². The molecule has 5 nitrogen and oxygen atoms in total. The number of aryl methyl sites for hydroxylation is 1. The number of hydrogen-bond donors (Lipinski definition) is 2. The van der Waals surface area contributed by atoms with Gasteiger partial charge < -0.3 is 15.1 Å². The molecule has 6 heteroatoms. The van der Waals surface area contributed by atoms with E-state index in [0.29, 0.717) is 18.5 Å². The average Bonchev–Trinajstić information content (AvgIpc) is 2.82. The normalized spacial score (nSPS) is 10.7. The molecule has 0 spiro atoms. The van der Waals surface area contributed by atoms with Gasteiger partial charge in [-0.1, -0.05) is 34.0 Å². The summed E-state index contributed by atoms with van der Waals surface area (Å²) in [6, 6.07) is 6.38. The van der Waals surface area contributed by atoms with Crippen molar-refractivity contribution in [3.8, 4) is 0 Å². The maximum absolute atomic E-state index is 5.49. The molecular formula is C13H17BrN4O. The first-order valence-corrected chi connectivity index (χ1v) is 7.04. The van der Waals surface area contributed by atoms with E-state index in [1.807, 2.05) is 25.1 Å². The van der Waals surface area contributed by atoms with E-state index in [2.05, 4.69) is 43.7 Å². The minimum absolute atomic E-state index is 0.407. The van der Waals surface area contributed by atoms with Crippen LogP contribution in [0.5, 0.6) is 0 Å². The van der Waals surface area contributed by atoms with Crippen molar-refractivity contribution in [1.29, 1.82) is 0 Å². The lowest BCUT2D eigenvalue weighted by molar-refractivity contribution is 0.479. The Bertz CT molecular complexity index is 541. The van der Waals surface area contributed by atoms with Gasteiger partial charge in [0.2, 0.25) is 5.89 Å². The van der Waals surface area contributed by atoms with Gasteiger partial charge in [0.05, 0.1) is 6.54 Å². The highest BCUT2D eigenvalue weighted by Gasteiger charge is 2.06. The molecule has 0 saturated heterocycles. The molecule has 2 N–H and O–H groups in total. The molecule has 0 aliphatic rings. The molecule has 0 atom stereocenters. The topological polar surface area (TPSA) is 63.0 Å². The lowest BCUT2D eigenvalue weighted by atomic mass is 10.2. The van der Waals surface area contributed by atoms with Crippen molar-refractivity contribution in [2.45, 2.75) is 26.8 Å². The standard InChI is InChI=1S/C13H17BrN4O/c1-3-6-15-8-12-17-18-13(19-12)16-10-5-4-9(2)11(14)7-10/h4-5,7,15H,3,6,8H2,1-2H3,(H,16,18). The Morgan fingerprint density at radius 2 is 2.16 bits per heavy atom. The molecule has 1 aromatic heterocycles. The Labute approximate surface area is 120 Å². The number of nitrogens with one attached hydrogen (secondary N) is 2. The maximum atomic E-state index is 5.49. The molecule has 1 aromatic carbocycles. The molecule has 0 bridgehead atoms. The van der Waals surface area contributed by atoms with Gasteiger partial charge in [0.25, 0.3) is 0 Å². The molecule has 2 rings (SSSR count). The second-order valence-electron chi connectivity index (χ2n) is 4.27. The summed E-state index contributed by atoms with van der Waals surface area (Å²) in [5, 5.41) is 14.2. The minimum atomic E-state index is 0.407. The van der Waals surface area contributed by atoms with Crippen molar-refractivity contribution < 1.29 is 4.42 Å². The number of benzene rings is 1. The van der Waals surface area contributed by atoms with Crippen molar-refractivity contribution in [3.05, 3.63) is 34.1 Å². The molecule has 0 radical (unpaired) electrons. The summed E-state index contributed by atoms with van der Waals surface area (Å²) in [6.45, 7) is 5.69. The summed E-state index contributed by atoms with van der Waals surface area (Å²) >= 11 is 3.49. The molecule has 0 aliphatic carbocycles. The largest absolute Gasteiger partial charge is 0.406 e. The molecule has 19 heavy (non-hydrogen) atoms. The van der Waals surface area contributed by atoms with Crippen LogP contribution in [-0.4, -0.2) is 16.7 Å². The van der Waals surface area contributed by atoms with E-state index in [1.165, 1.54) is 5.56 Å². The van der Waals surface area contributed by atoms with E-state index >= 15 is 0 Å². The van der Waals surface area contributed by atoms with Crippen LogP contribution in [0, 0.1) is 6.92 Å². The van der Waals surface area contributed by atoms with Gasteiger partial charge >= 0.3 is 6.01 Å². The van der Waals surface area contributed by atoms with Crippen LogP contribution in [0.25, 0.3) is 0 Å². The SMILES string of the molecule is CCCNCc1nnc(Nc2ccc(C)c(Br)c2)o1. The zero-order chi connectivity index (χ0) is 13.7. The second kappa shape index (κ2) is 6.68. The third kappa shape index (κ3) is 4.04. The first-order chi connectivity index (χ1) is 9.19. The molecule has 102 valence electrons. The highest BCUT2D eigenvalue weighted by atomic mass is 79.9. The molecule has 0 unspecified atom stereocenters. The molecule has 2 aromatic rings. The molecule has 0 saturated carbocycles. The Balaban J connectivity index is 1.97. The number of hydrogen-bond acceptors (Lipinski definition) is 5. The lowest BCUT2D eigenvalue weighted by Crippen LogP contribution is -2.13. The van der Waals surface area contributed by atoms with Crippen LogP contribution in [0.3, 0.4) is 0 Å². The van der Waals surface area contributed by atoms with Crippen molar-refractivity contribution >= 4 is 27.6 Å². The second-order valence-corrected chi connectivity index (χ2v) is 5.12. The third-order valence-corrected chi connectivity index (χ3v) is 3.45. The van der Waals surface area contributed by atoms with E-state index in [-0.39, 0.29) is 0 Å². The summed E-state index contributed by atoms with van der Waals surface area (Å²) in [4.78, 5) is 0. The van der Waals surface area contributed by atoms with E-state index in [4.69, 9.17) is 4.42 Å². The lowest BCUT2D eigenvalue weighted by Gasteiger charge is -2.03. The van der Waals surface area contributed by atoms with Crippen molar-refractivity contribution in [3.63, 3.8) is 0 Å². The van der Waals surface area contributed by atoms with Gasteiger partial charge in [-0.3, -0.25) is 0 Å². The van der Waals surface area contributed by atoms with Gasteiger partial charge in [0.1, 0.15) is 0 Å². The number of nitrogens with zero attached hydrogens (tertiary/aromatic N) is 2. The van der Waals surface area contributed by atoms with Gasteiger partial charge in [0, 0.05) is 10.2 Å². The first-order valence-electron chi connectivity index (χ1n) is 6.25. The molecular weight excluding hydrogens is 308 g/mol. The summed E-state index contributed by atoms with van der Waals surface area (Å²) in [7, 11) is 0. The first kappa shape index (κ1) is 14.0. The summed E-state index contributed by atoms with van der Waals surface area (Å²) in [5.74, 6) is 0.585. The van der Waals surface area contributed by atoms with Gasteiger partial charge in [0.15, 0.2) is 0 Å². The maximum Gasteiger partial charge on any atom is 0.320 e. The molecule has 0 fully saturated rings. The average molecular weight is 325 g/mol. The van der Waals surface area contributed by atoms with Gasteiger partial charge in [-0.25, -0.2) is 0 Å². The van der Waals surface area contributed by atoms with E-state index in [0.717, 1.165) is 23.1 Å².